The van der Waals surface area contributed by atoms with Crippen LogP contribution in [0.2, 0.25) is 0 Å². The van der Waals surface area contributed by atoms with Gasteiger partial charge in [0.25, 0.3) is 0 Å². The van der Waals surface area contributed by atoms with E-state index in [4.69, 9.17) is 17.0 Å². The van der Waals surface area contributed by atoms with E-state index in [-0.39, 0.29) is 0 Å². The van der Waals surface area contributed by atoms with Crippen LogP contribution in [0.25, 0.3) is 0 Å². The second-order valence-corrected chi connectivity index (χ2v) is 2.45. The highest BCUT2D eigenvalue weighted by atomic mass is 32.1. The van der Waals surface area contributed by atoms with Gasteiger partial charge in [0.15, 0.2) is 0 Å². The number of hydrogen-bond donors (Lipinski definition) is 0. The summed E-state index contributed by atoms with van der Waals surface area (Å²) in [5.74, 6) is 0.913. The number of thiocarbonyl (C=S) groups is 1. The Morgan fingerprint density at radius 1 is 1.67 bits per heavy atom. The van der Waals surface area contributed by atoms with E-state index in [0.29, 0.717) is 0 Å². The third-order valence-electron chi connectivity index (χ3n) is 1.48. The van der Waals surface area contributed by atoms with Gasteiger partial charge in [0.1, 0.15) is 5.76 Å². The predicted octanol–water partition coefficient (Wildman–Crippen LogP) is 2.07. The molecule has 0 aliphatic carbocycles. The lowest BCUT2D eigenvalue weighted by Crippen LogP contribution is -2.04. The molecule has 0 N–H and O–H groups in total. The van der Waals surface area contributed by atoms with Gasteiger partial charge in [-0.05, 0) is 25.3 Å². The average molecular weight is 142 g/mol. The highest BCUT2D eigenvalue weighted by Gasteiger charge is 2.05. The minimum atomic E-state index is 0.833. The van der Waals surface area contributed by atoms with Crippen molar-refractivity contribution in [1.82, 2.24) is 0 Å². The molecule has 1 aliphatic rings. The van der Waals surface area contributed by atoms with E-state index in [0.717, 1.165) is 25.2 Å². The molecule has 1 nitrogen and oxygen atoms in total. The summed E-state index contributed by atoms with van der Waals surface area (Å²) in [6.45, 7) is 2.90. The van der Waals surface area contributed by atoms with Crippen molar-refractivity contribution in [3.8, 4) is 0 Å². The monoisotopic (exact) mass is 142 g/mol. The Bertz CT molecular complexity index is 149. The van der Waals surface area contributed by atoms with Crippen LogP contribution in [0, 0.1) is 0 Å². The summed E-state index contributed by atoms with van der Waals surface area (Å²) in [7, 11) is 0. The Hall–Kier alpha value is -0.370. The third kappa shape index (κ3) is 1.52. The molecule has 1 heterocycles. The van der Waals surface area contributed by atoms with E-state index < -0.39 is 0 Å². The van der Waals surface area contributed by atoms with Gasteiger partial charge in [0.05, 0.1) is 6.61 Å². The molecule has 2 heteroatoms. The Labute approximate surface area is 60.7 Å². The van der Waals surface area contributed by atoms with E-state index >= 15 is 0 Å². The van der Waals surface area contributed by atoms with Crippen LogP contribution < -0.4 is 0 Å². The number of ether oxygens (including phenoxy) is 1. The fourth-order valence-corrected chi connectivity index (χ4v) is 1.17. The van der Waals surface area contributed by atoms with Crippen molar-refractivity contribution in [2.24, 2.45) is 0 Å². The number of rotatable bonds is 1. The minimum Gasteiger partial charge on any atom is -0.493 e. The lowest BCUT2D eigenvalue weighted by Gasteiger charge is -2.14. The van der Waals surface area contributed by atoms with Crippen LogP contribution in [-0.2, 0) is 4.74 Å². The van der Waals surface area contributed by atoms with Gasteiger partial charge in [-0.2, -0.15) is 0 Å². The molecule has 1 aliphatic heterocycles. The Kier molecular flexibility index (Phi) is 2.22. The molecule has 0 radical (unpaired) electrons. The van der Waals surface area contributed by atoms with Gasteiger partial charge in [0.2, 0.25) is 0 Å². The molecule has 1 rings (SSSR count). The molecule has 0 amide bonds. The smallest absolute Gasteiger partial charge is 0.128 e. The van der Waals surface area contributed by atoms with E-state index in [1.807, 2.05) is 0 Å². The van der Waals surface area contributed by atoms with Gasteiger partial charge in [-0.25, -0.2) is 0 Å². The molecular weight excluding hydrogens is 132 g/mol. The van der Waals surface area contributed by atoms with Gasteiger partial charge >= 0.3 is 0 Å². The summed E-state index contributed by atoms with van der Waals surface area (Å²) in [6, 6.07) is 0. The van der Waals surface area contributed by atoms with Crippen molar-refractivity contribution in [1.29, 1.82) is 0 Å². The normalized spacial score (nSPS) is 19.2. The van der Waals surface area contributed by atoms with Crippen molar-refractivity contribution >= 4 is 17.6 Å². The molecule has 0 aromatic rings. The molecule has 0 saturated carbocycles. The lowest BCUT2D eigenvalue weighted by molar-refractivity contribution is 0.209. The average Bonchev–Trinajstić information content (AvgIpc) is 1.89. The van der Waals surface area contributed by atoms with Crippen molar-refractivity contribution < 1.29 is 4.74 Å². The maximum absolute atomic E-state index is 5.26. The molecule has 0 saturated heterocycles. The van der Waals surface area contributed by atoms with E-state index in [1.54, 1.807) is 5.37 Å². The van der Waals surface area contributed by atoms with Crippen LogP contribution in [-0.4, -0.2) is 12.0 Å². The van der Waals surface area contributed by atoms with Gasteiger partial charge in [-0.1, -0.05) is 12.2 Å². The van der Waals surface area contributed by atoms with Crippen LogP contribution >= 0.6 is 12.2 Å². The standard InChI is InChI=1S/C7H10OS/c1-6-3-2-4-8-7(6)5-9/h5H,2-4H2,1H3. The van der Waals surface area contributed by atoms with E-state index in [9.17, 15) is 0 Å². The van der Waals surface area contributed by atoms with Crippen LogP contribution in [0.1, 0.15) is 19.8 Å². The van der Waals surface area contributed by atoms with E-state index in [2.05, 4.69) is 6.92 Å². The van der Waals surface area contributed by atoms with E-state index in [1.165, 1.54) is 5.57 Å². The Morgan fingerprint density at radius 2 is 2.44 bits per heavy atom. The summed E-state index contributed by atoms with van der Waals surface area (Å²) in [6.07, 6.45) is 2.28. The molecule has 0 spiro atoms. The van der Waals surface area contributed by atoms with Gasteiger partial charge < -0.3 is 4.74 Å². The first-order chi connectivity index (χ1) is 4.34. The van der Waals surface area contributed by atoms with Gasteiger partial charge in [0, 0.05) is 5.37 Å². The van der Waals surface area contributed by atoms with Gasteiger partial charge in [-0.15, -0.1) is 0 Å². The Balaban J connectivity index is 2.70. The Morgan fingerprint density at radius 3 is 2.89 bits per heavy atom. The maximum atomic E-state index is 5.26. The third-order valence-corrected chi connectivity index (χ3v) is 1.70. The number of hydrogen-bond acceptors (Lipinski definition) is 2. The summed E-state index contributed by atoms with van der Waals surface area (Å²) in [4.78, 5) is 0. The lowest BCUT2D eigenvalue weighted by atomic mass is 10.1. The molecule has 9 heavy (non-hydrogen) atoms. The maximum Gasteiger partial charge on any atom is 0.128 e. The fraction of sp³-hybridized carbons (Fsp3) is 0.571. The first-order valence-electron chi connectivity index (χ1n) is 3.12. The molecule has 0 atom stereocenters. The van der Waals surface area contributed by atoms with Crippen LogP contribution in [0.15, 0.2) is 11.3 Å². The summed E-state index contributed by atoms with van der Waals surface area (Å²) in [5, 5.41) is 1.62. The molecular formula is C7H10OS. The first kappa shape index (κ1) is 6.75. The second kappa shape index (κ2) is 2.97. The summed E-state index contributed by atoms with van der Waals surface area (Å²) in [5.41, 5.74) is 1.29. The van der Waals surface area contributed by atoms with Crippen molar-refractivity contribution in [3.63, 3.8) is 0 Å². The van der Waals surface area contributed by atoms with Crippen LogP contribution in [0.5, 0.6) is 0 Å². The van der Waals surface area contributed by atoms with Crippen molar-refractivity contribution in [2.75, 3.05) is 6.61 Å². The second-order valence-electron chi connectivity index (χ2n) is 2.21. The van der Waals surface area contributed by atoms with Crippen molar-refractivity contribution in [2.45, 2.75) is 19.8 Å². The minimum absolute atomic E-state index is 0.833. The molecule has 50 valence electrons. The molecule has 0 aromatic heterocycles. The predicted molar refractivity (Wildman–Crippen MR) is 41.5 cm³/mol. The zero-order valence-electron chi connectivity index (χ0n) is 5.52. The molecule has 0 unspecified atom stereocenters. The van der Waals surface area contributed by atoms with Gasteiger partial charge in [-0.3, -0.25) is 0 Å². The topological polar surface area (TPSA) is 9.23 Å². The molecule has 0 bridgehead atoms. The summed E-state index contributed by atoms with van der Waals surface area (Å²) >= 11 is 4.74. The quantitative estimate of drug-likeness (QED) is 0.518. The molecule has 0 aromatic carbocycles. The zero-order chi connectivity index (χ0) is 6.69. The molecule has 0 fully saturated rings. The SMILES string of the molecule is CC1=C(C=S)OCCC1. The summed E-state index contributed by atoms with van der Waals surface area (Å²) < 4.78 is 5.26. The fourth-order valence-electron chi connectivity index (χ4n) is 0.900. The zero-order valence-corrected chi connectivity index (χ0v) is 6.33. The number of allylic oxidation sites excluding steroid dienone is 2. The largest absolute Gasteiger partial charge is 0.493 e. The van der Waals surface area contributed by atoms with Crippen molar-refractivity contribution in [3.05, 3.63) is 11.3 Å². The van der Waals surface area contributed by atoms with Crippen LogP contribution in [0.3, 0.4) is 0 Å². The first-order valence-corrected chi connectivity index (χ1v) is 3.59. The van der Waals surface area contributed by atoms with Crippen LogP contribution in [0.4, 0.5) is 0 Å². The highest BCUT2D eigenvalue weighted by molar-refractivity contribution is 7.79. The highest BCUT2D eigenvalue weighted by Crippen LogP contribution is 2.16.